The molecule has 134 valence electrons. The first-order valence-corrected chi connectivity index (χ1v) is 9.41. The molecule has 25 heavy (non-hydrogen) atoms. The molecule has 0 bridgehead atoms. The Labute approximate surface area is 151 Å². The van der Waals surface area contributed by atoms with Gasteiger partial charge in [0, 0.05) is 13.1 Å². The number of rotatable bonds is 5. The van der Waals surface area contributed by atoms with Gasteiger partial charge in [0.2, 0.25) is 11.1 Å². The van der Waals surface area contributed by atoms with Gasteiger partial charge in [0.05, 0.1) is 12.9 Å². The van der Waals surface area contributed by atoms with Crippen LogP contribution in [-0.2, 0) is 4.79 Å². The third-order valence-electron chi connectivity index (χ3n) is 4.46. The number of aryl methyl sites for hydroxylation is 1. The van der Waals surface area contributed by atoms with Gasteiger partial charge in [0.15, 0.2) is 0 Å². The molecule has 2 heterocycles. The fourth-order valence-electron chi connectivity index (χ4n) is 2.86. The molecule has 0 atom stereocenters. The van der Waals surface area contributed by atoms with E-state index in [0.717, 1.165) is 37.2 Å². The summed E-state index contributed by atoms with van der Waals surface area (Å²) in [4.78, 5) is 14.4. The molecule has 0 unspecified atom stereocenters. The number of carbonyl (C=O) groups excluding carboxylic acids is 1. The lowest BCUT2D eigenvalue weighted by atomic mass is 9.99. The molecule has 0 spiro atoms. The van der Waals surface area contributed by atoms with Crippen molar-refractivity contribution in [2.45, 2.75) is 31.8 Å². The summed E-state index contributed by atoms with van der Waals surface area (Å²) in [6.07, 6.45) is 2.16. The number of thioether (sulfide) groups is 1. The van der Waals surface area contributed by atoms with Crippen LogP contribution in [0.3, 0.4) is 0 Å². The van der Waals surface area contributed by atoms with E-state index < -0.39 is 0 Å². The number of benzene rings is 1. The van der Waals surface area contributed by atoms with E-state index in [1.165, 1.54) is 11.8 Å². The van der Waals surface area contributed by atoms with E-state index in [0.29, 0.717) is 22.6 Å². The van der Waals surface area contributed by atoms with Crippen molar-refractivity contribution in [3.05, 3.63) is 23.8 Å². The summed E-state index contributed by atoms with van der Waals surface area (Å²) in [7, 11) is 1.62. The van der Waals surface area contributed by atoms with Crippen LogP contribution in [0, 0.1) is 12.8 Å². The zero-order valence-electron chi connectivity index (χ0n) is 14.8. The standard InChI is InChI=1S/C17H23N5O2S/c1-12-6-8-21(9-7-12)16(23)11-25-17-18-19-20-22(17)14-10-13(2)4-5-15(14)24-3/h4-5,10,12H,6-9,11H2,1-3H3. The highest BCUT2D eigenvalue weighted by molar-refractivity contribution is 7.99. The van der Waals surface area contributed by atoms with Crippen LogP contribution in [0.5, 0.6) is 5.75 Å². The summed E-state index contributed by atoms with van der Waals surface area (Å²) >= 11 is 1.36. The monoisotopic (exact) mass is 361 g/mol. The Kier molecular flexibility index (Phi) is 5.57. The summed E-state index contributed by atoms with van der Waals surface area (Å²) in [5, 5.41) is 12.5. The Morgan fingerprint density at radius 3 is 2.84 bits per heavy atom. The van der Waals surface area contributed by atoms with Crippen molar-refractivity contribution >= 4 is 17.7 Å². The van der Waals surface area contributed by atoms with Crippen molar-refractivity contribution in [2.75, 3.05) is 26.0 Å². The van der Waals surface area contributed by atoms with Crippen LogP contribution in [0.1, 0.15) is 25.3 Å². The number of tetrazole rings is 1. The van der Waals surface area contributed by atoms with Gasteiger partial charge in [0.25, 0.3) is 0 Å². The molecule has 1 aliphatic rings. The number of carbonyl (C=O) groups is 1. The first-order valence-electron chi connectivity index (χ1n) is 8.42. The molecule has 1 fully saturated rings. The van der Waals surface area contributed by atoms with Gasteiger partial charge >= 0.3 is 0 Å². The smallest absolute Gasteiger partial charge is 0.233 e. The first kappa shape index (κ1) is 17.7. The van der Waals surface area contributed by atoms with Gasteiger partial charge in [-0.1, -0.05) is 24.8 Å². The van der Waals surface area contributed by atoms with E-state index in [4.69, 9.17) is 4.74 Å². The molecule has 2 aromatic rings. The number of piperidine rings is 1. The highest BCUT2D eigenvalue weighted by Gasteiger charge is 2.21. The number of likely N-dealkylation sites (tertiary alicyclic amines) is 1. The highest BCUT2D eigenvalue weighted by Crippen LogP contribution is 2.27. The van der Waals surface area contributed by atoms with Crippen molar-refractivity contribution in [1.29, 1.82) is 0 Å². The van der Waals surface area contributed by atoms with Crippen molar-refractivity contribution in [1.82, 2.24) is 25.1 Å². The van der Waals surface area contributed by atoms with Crippen LogP contribution in [0.25, 0.3) is 5.69 Å². The van der Waals surface area contributed by atoms with E-state index in [1.54, 1.807) is 11.8 Å². The normalized spacial score (nSPS) is 15.4. The Balaban J connectivity index is 1.70. The molecular weight excluding hydrogens is 338 g/mol. The zero-order valence-corrected chi connectivity index (χ0v) is 15.6. The van der Waals surface area contributed by atoms with Gasteiger partial charge in [-0.3, -0.25) is 4.79 Å². The molecule has 1 aliphatic heterocycles. The van der Waals surface area contributed by atoms with E-state index in [-0.39, 0.29) is 5.91 Å². The van der Waals surface area contributed by atoms with Crippen LogP contribution in [0.15, 0.2) is 23.4 Å². The molecule has 1 saturated heterocycles. The molecular formula is C17H23N5O2S. The lowest BCUT2D eigenvalue weighted by Gasteiger charge is -2.30. The number of methoxy groups -OCH3 is 1. The SMILES string of the molecule is COc1ccc(C)cc1-n1nnnc1SCC(=O)N1CCC(C)CC1. The zero-order chi connectivity index (χ0) is 17.8. The third kappa shape index (κ3) is 4.12. The van der Waals surface area contributed by atoms with Crippen molar-refractivity contribution in [3.8, 4) is 11.4 Å². The summed E-state index contributed by atoms with van der Waals surface area (Å²) in [5.74, 6) is 1.87. The molecule has 3 rings (SSSR count). The quantitative estimate of drug-likeness (QED) is 0.761. The first-order chi connectivity index (χ1) is 12.1. The third-order valence-corrected chi connectivity index (χ3v) is 5.37. The molecule has 8 heteroatoms. The van der Waals surface area contributed by atoms with Gasteiger partial charge in [-0.15, -0.1) is 5.10 Å². The maximum atomic E-state index is 12.4. The summed E-state index contributed by atoms with van der Waals surface area (Å²) in [6, 6.07) is 5.83. The van der Waals surface area contributed by atoms with Crippen molar-refractivity contribution in [3.63, 3.8) is 0 Å². The number of ether oxygens (including phenoxy) is 1. The van der Waals surface area contributed by atoms with Crippen LogP contribution in [0.4, 0.5) is 0 Å². The molecule has 1 aromatic carbocycles. The number of hydrogen-bond acceptors (Lipinski definition) is 6. The lowest BCUT2D eigenvalue weighted by Crippen LogP contribution is -2.38. The van der Waals surface area contributed by atoms with E-state index in [2.05, 4.69) is 22.4 Å². The van der Waals surface area contributed by atoms with Crippen LogP contribution >= 0.6 is 11.8 Å². The number of aromatic nitrogens is 4. The van der Waals surface area contributed by atoms with Crippen LogP contribution < -0.4 is 4.74 Å². The minimum Gasteiger partial charge on any atom is -0.494 e. The number of amides is 1. The minimum absolute atomic E-state index is 0.141. The van der Waals surface area contributed by atoms with Gasteiger partial charge < -0.3 is 9.64 Å². The van der Waals surface area contributed by atoms with Gasteiger partial charge in [-0.25, -0.2) is 0 Å². The summed E-state index contributed by atoms with van der Waals surface area (Å²) < 4.78 is 7.04. The van der Waals surface area contributed by atoms with Gasteiger partial charge in [0.1, 0.15) is 11.4 Å². The molecule has 0 saturated carbocycles. The van der Waals surface area contributed by atoms with E-state index >= 15 is 0 Å². The Hall–Kier alpha value is -2.09. The van der Waals surface area contributed by atoms with Crippen molar-refractivity contribution in [2.24, 2.45) is 5.92 Å². The molecule has 7 nitrogen and oxygen atoms in total. The van der Waals surface area contributed by atoms with E-state index in [1.807, 2.05) is 30.0 Å². The molecule has 0 N–H and O–H groups in total. The fourth-order valence-corrected chi connectivity index (χ4v) is 3.65. The second-order valence-corrected chi connectivity index (χ2v) is 7.34. The van der Waals surface area contributed by atoms with E-state index in [9.17, 15) is 4.79 Å². The average molecular weight is 361 g/mol. The van der Waals surface area contributed by atoms with Crippen molar-refractivity contribution < 1.29 is 9.53 Å². The summed E-state index contributed by atoms with van der Waals surface area (Å²) in [6.45, 7) is 5.93. The fraction of sp³-hybridized carbons (Fsp3) is 0.529. The molecule has 0 radical (unpaired) electrons. The van der Waals surface area contributed by atoms with Gasteiger partial charge in [-0.2, -0.15) is 4.68 Å². The minimum atomic E-state index is 0.141. The Bertz CT molecular complexity index is 740. The lowest BCUT2D eigenvalue weighted by molar-refractivity contribution is -0.129. The second-order valence-electron chi connectivity index (χ2n) is 6.40. The number of hydrogen-bond donors (Lipinski definition) is 0. The van der Waals surface area contributed by atoms with Crippen LogP contribution in [0.2, 0.25) is 0 Å². The molecule has 0 aliphatic carbocycles. The molecule has 1 aromatic heterocycles. The predicted molar refractivity (Wildman–Crippen MR) is 96.1 cm³/mol. The Morgan fingerprint density at radius 1 is 1.36 bits per heavy atom. The topological polar surface area (TPSA) is 73.1 Å². The number of nitrogens with zero attached hydrogens (tertiary/aromatic N) is 5. The maximum Gasteiger partial charge on any atom is 0.233 e. The highest BCUT2D eigenvalue weighted by atomic mass is 32.2. The largest absolute Gasteiger partial charge is 0.494 e. The Morgan fingerprint density at radius 2 is 2.12 bits per heavy atom. The average Bonchev–Trinajstić information content (AvgIpc) is 3.08. The second kappa shape index (κ2) is 7.86. The predicted octanol–water partition coefficient (Wildman–Crippen LogP) is 2.33. The van der Waals surface area contributed by atoms with Gasteiger partial charge in [-0.05, 0) is 53.8 Å². The van der Waals surface area contributed by atoms with Crippen LogP contribution in [-0.4, -0.2) is 57.0 Å². The summed E-state index contributed by atoms with van der Waals surface area (Å²) in [5.41, 5.74) is 1.86. The molecule has 1 amide bonds. The maximum absolute atomic E-state index is 12.4.